The summed E-state index contributed by atoms with van der Waals surface area (Å²) in [6.07, 6.45) is 2.64. The third-order valence-corrected chi connectivity index (χ3v) is 4.99. The molecule has 8 nitrogen and oxygen atoms in total. The molecule has 0 bridgehead atoms. The van der Waals surface area contributed by atoms with E-state index in [2.05, 4.69) is 15.0 Å². The number of carbonyl (C=O) groups is 2. The lowest BCUT2D eigenvalue weighted by Gasteiger charge is -2.35. The maximum Gasteiger partial charge on any atom is 0.339 e. The van der Waals surface area contributed by atoms with Gasteiger partial charge in [-0.05, 0) is 39.3 Å². The van der Waals surface area contributed by atoms with Crippen LogP contribution < -0.4 is 4.90 Å². The number of pyridine rings is 1. The molecule has 2 aromatic rings. The molecule has 0 atom stereocenters. The highest BCUT2D eigenvalue weighted by Gasteiger charge is 2.22. The quantitative estimate of drug-likeness (QED) is 0.703. The zero-order chi connectivity index (χ0) is 20.1. The first-order valence-corrected chi connectivity index (χ1v) is 9.57. The Labute approximate surface area is 164 Å². The number of amides is 1. The van der Waals surface area contributed by atoms with Gasteiger partial charge in [0.25, 0.3) is 0 Å². The molecule has 0 saturated carbocycles. The van der Waals surface area contributed by atoms with Crippen LogP contribution in [0.15, 0.2) is 22.9 Å². The Bertz CT molecular complexity index is 804. The summed E-state index contributed by atoms with van der Waals surface area (Å²) in [5, 5.41) is 3.93. The summed E-state index contributed by atoms with van der Waals surface area (Å²) in [6, 6.07) is 3.54. The minimum absolute atomic E-state index is 0.144. The van der Waals surface area contributed by atoms with E-state index in [1.54, 1.807) is 13.0 Å². The summed E-state index contributed by atoms with van der Waals surface area (Å²) in [5.41, 5.74) is 2.32. The van der Waals surface area contributed by atoms with Crippen molar-refractivity contribution < 1.29 is 18.8 Å². The van der Waals surface area contributed by atoms with Crippen LogP contribution >= 0.6 is 0 Å². The minimum Gasteiger partial charge on any atom is -0.462 e. The normalized spacial score (nSPS) is 14.2. The first kappa shape index (κ1) is 19.9. The van der Waals surface area contributed by atoms with E-state index in [0.29, 0.717) is 51.2 Å². The van der Waals surface area contributed by atoms with Crippen molar-refractivity contribution in [2.24, 2.45) is 0 Å². The minimum atomic E-state index is -0.365. The van der Waals surface area contributed by atoms with E-state index < -0.39 is 0 Å². The number of rotatable bonds is 6. The van der Waals surface area contributed by atoms with Crippen LogP contribution in [0.1, 0.15) is 40.7 Å². The number of anilines is 1. The number of nitrogens with zero attached hydrogens (tertiary/aromatic N) is 4. The van der Waals surface area contributed by atoms with Crippen LogP contribution in [0.5, 0.6) is 0 Å². The van der Waals surface area contributed by atoms with Crippen LogP contribution in [0.25, 0.3) is 0 Å². The summed E-state index contributed by atoms with van der Waals surface area (Å²) in [7, 11) is 0. The van der Waals surface area contributed by atoms with Gasteiger partial charge in [0, 0.05) is 44.4 Å². The van der Waals surface area contributed by atoms with Gasteiger partial charge in [-0.15, -0.1) is 0 Å². The Kier molecular flexibility index (Phi) is 6.28. The van der Waals surface area contributed by atoms with E-state index in [0.717, 1.165) is 22.8 Å². The molecule has 3 heterocycles. The second kappa shape index (κ2) is 8.86. The average molecular weight is 386 g/mol. The van der Waals surface area contributed by atoms with E-state index in [1.165, 1.54) is 6.20 Å². The molecule has 150 valence electrons. The number of aryl methyl sites for hydroxylation is 2. The standard InChI is InChI=1S/C20H26N4O4/c1-4-27-20(26)16-5-7-18(21-13-16)23-9-11-24(12-10-23)19(25)8-6-17-14(2)22-28-15(17)3/h5,7,13H,4,6,8-12H2,1-3H3. The van der Waals surface area contributed by atoms with Crippen molar-refractivity contribution in [2.45, 2.75) is 33.6 Å². The molecule has 1 aliphatic heterocycles. The molecule has 2 aromatic heterocycles. The van der Waals surface area contributed by atoms with Crippen molar-refractivity contribution >= 4 is 17.7 Å². The molecule has 0 spiro atoms. The second-order valence-corrected chi connectivity index (χ2v) is 6.80. The number of esters is 1. The van der Waals surface area contributed by atoms with Crippen molar-refractivity contribution in [3.05, 3.63) is 40.9 Å². The highest BCUT2D eigenvalue weighted by atomic mass is 16.5. The van der Waals surface area contributed by atoms with Gasteiger partial charge in [-0.2, -0.15) is 0 Å². The van der Waals surface area contributed by atoms with Crippen LogP contribution in [-0.2, 0) is 16.0 Å². The highest BCUT2D eigenvalue weighted by Crippen LogP contribution is 2.17. The van der Waals surface area contributed by atoms with Gasteiger partial charge in [0.1, 0.15) is 11.6 Å². The zero-order valence-electron chi connectivity index (χ0n) is 16.6. The molecule has 0 radical (unpaired) electrons. The van der Waals surface area contributed by atoms with E-state index in [-0.39, 0.29) is 11.9 Å². The summed E-state index contributed by atoms with van der Waals surface area (Å²) in [4.78, 5) is 32.6. The van der Waals surface area contributed by atoms with E-state index in [9.17, 15) is 9.59 Å². The fourth-order valence-corrected chi connectivity index (χ4v) is 3.34. The van der Waals surface area contributed by atoms with Gasteiger partial charge >= 0.3 is 5.97 Å². The molecule has 1 fully saturated rings. The van der Waals surface area contributed by atoms with Crippen molar-refractivity contribution in [3.63, 3.8) is 0 Å². The first-order valence-electron chi connectivity index (χ1n) is 9.57. The lowest BCUT2D eigenvalue weighted by molar-refractivity contribution is -0.131. The number of hydrogen-bond acceptors (Lipinski definition) is 7. The summed E-state index contributed by atoms with van der Waals surface area (Å²) < 4.78 is 10.1. The smallest absolute Gasteiger partial charge is 0.339 e. The molecule has 1 aliphatic rings. The van der Waals surface area contributed by atoms with E-state index in [4.69, 9.17) is 9.26 Å². The fourth-order valence-electron chi connectivity index (χ4n) is 3.34. The van der Waals surface area contributed by atoms with E-state index >= 15 is 0 Å². The Hall–Kier alpha value is -2.90. The van der Waals surface area contributed by atoms with Gasteiger partial charge in [-0.25, -0.2) is 9.78 Å². The number of hydrogen-bond donors (Lipinski definition) is 0. The topological polar surface area (TPSA) is 88.8 Å². The van der Waals surface area contributed by atoms with Gasteiger partial charge in [0.15, 0.2) is 0 Å². The summed E-state index contributed by atoms with van der Waals surface area (Å²) in [6.45, 7) is 8.62. The molecule has 0 N–H and O–H groups in total. The Morgan fingerprint density at radius 3 is 2.50 bits per heavy atom. The molecule has 1 saturated heterocycles. The average Bonchev–Trinajstić information content (AvgIpc) is 3.04. The van der Waals surface area contributed by atoms with Crippen molar-refractivity contribution in [1.82, 2.24) is 15.0 Å². The molecular weight excluding hydrogens is 360 g/mol. The largest absolute Gasteiger partial charge is 0.462 e. The van der Waals surface area contributed by atoms with Crippen molar-refractivity contribution in [2.75, 3.05) is 37.7 Å². The van der Waals surface area contributed by atoms with Crippen LogP contribution in [0, 0.1) is 13.8 Å². The number of carbonyl (C=O) groups excluding carboxylic acids is 2. The molecule has 0 aromatic carbocycles. The van der Waals surface area contributed by atoms with Crippen molar-refractivity contribution in [3.8, 4) is 0 Å². The van der Waals surface area contributed by atoms with Crippen LogP contribution in [0.2, 0.25) is 0 Å². The molecule has 1 amide bonds. The molecule has 3 rings (SSSR count). The molecule has 0 aliphatic carbocycles. The Balaban J connectivity index is 1.50. The predicted octanol–water partition coefficient (Wildman–Crippen LogP) is 2.14. The molecule has 0 unspecified atom stereocenters. The number of piperazine rings is 1. The lowest BCUT2D eigenvalue weighted by atomic mass is 10.1. The summed E-state index contributed by atoms with van der Waals surface area (Å²) >= 11 is 0. The number of aromatic nitrogens is 2. The predicted molar refractivity (Wildman–Crippen MR) is 103 cm³/mol. The van der Waals surface area contributed by atoms with Crippen LogP contribution in [0.4, 0.5) is 5.82 Å². The Morgan fingerprint density at radius 1 is 1.18 bits per heavy atom. The second-order valence-electron chi connectivity index (χ2n) is 6.80. The molecule has 8 heteroatoms. The third-order valence-electron chi connectivity index (χ3n) is 4.99. The lowest BCUT2D eigenvalue weighted by Crippen LogP contribution is -2.49. The van der Waals surface area contributed by atoms with Gasteiger partial charge in [-0.3, -0.25) is 4.79 Å². The van der Waals surface area contributed by atoms with Crippen LogP contribution in [0.3, 0.4) is 0 Å². The maximum absolute atomic E-state index is 12.5. The fraction of sp³-hybridized carbons (Fsp3) is 0.500. The number of ether oxygens (including phenoxy) is 1. The molecular formula is C20H26N4O4. The van der Waals surface area contributed by atoms with Gasteiger partial charge < -0.3 is 19.1 Å². The van der Waals surface area contributed by atoms with Gasteiger partial charge in [0.2, 0.25) is 5.91 Å². The monoisotopic (exact) mass is 386 g/mol. The zero-order valence-corrected chi connectivity index (χ0v) is 16.6. The Morgan fingerprint density at radius 2 is 1.93 bits per heavy atom. The molecule has 28 heavy (non-hydrogen) atoms. The summed E-state index contributed by atoms with van der Waals surface area (Å²) in [5.74, 6) is 1.36. The SMILES string of the molecule is CCOC(=O)c1ccc(N2CCN(C(=O)CCc3c(C)noc3C)CC2)nc1. The highest BCUT2D eigenvalue weighted by molar-refractivity contribution is 5.89. The van der Waals surface area contributed by atoms with E-state index in [1.807, 2.05) is 24.8 Å². The first-order chi connectivity index (χ1) is 13.5. The van der Waals surface area contributed by atoms with Gasteiger partial charge in [0.05, 0.1) is 17.9 Å². The third kappa shape index (κ3) is 4.49. The van der Waals surface area contributed by atoms with Gasteiger partial charge in [-0.1, -0.05) is 5.16 Å². The van der Waals surface area contributed by atoms with Crippen LogP contribution in [-0.4, -0.2) is 59.7 Å². The van der Waals surface area contributed by atoms with Crippen molar-refractivity contribution in [1.29, 1.82) is 0 Å². The maximum atomic E-state index is 12.5.